The van der Waals surface area contributed by atoms with Crippen LogP contribution >= 0.6 is 11.8 Å². The third kappa shape index (κ3) is 4.63. The van der Waals surface area contributed by atoms with E-state index in [1.807, 2.05) is 35.9 Å². The number of rotatable bonds is 7. The molecule has 152 valence electrons. The van der Waals surface area contributed by atoms with Crippen molar-refractivity contribution in [3.63, 3.8) is 0 Å². The van der Waals surface area contributed by atoms with Crippen LogP contribution in [-0.4, -0.2) is 44.9 Å². The molecule has 1 aromatic heterocycles. The van der Waals surface area contributed by atoms with Gasteiger partial charge >= 0.3 is 0 Å². The number of thioether (sulfide) groups is 1. The number of hydrogen-bond donors (Lipinski definition) is 1. The summed E-state index contributed by atoms with van der Waals surface area (Å²) in [5.74, 6) is 2.59. The quantitative estimate of drug-likeness (QED) is 0.592. The van der Waals surface area contributed by atoms with Crippen molar-refractivity contribution >= 4 is 11.8 Å². The van der Waals surface area contributed by atoms with Gasteiger partial charge in [-0.2, -0.15) is 0 Å². The van der Waals surface area contributed by atoms with Gasteiger partial charge in [0, 0.05) is 12.8 Å². The van der Waals surface area contributed by atoms with Crippen molar-refractivity contribution in [1.82, 2.24) is 14.8 Å². The molecule has 0 saturated heterocycles. The molecule has 2 aromatic carbocycles. The Labute approximate surface area is 171 Å². The number of hydrogen-bond acceptors (Lipinski definition) is 7. The first-order chi connectivity index (χ1) is 14.1. The molecule has 4 rings (SSSR count). The summed E-state index contributed by atoms with van der Waals surface area (Å²) in [5, 5.41) is 19.2. The van der Waals surface area contributed by atoms with Gasteiger partial charge in [-0.15, -0.1) is 10.2 Å². The summed E-state index contributed by atoms with van der Waals surface area (Å²) in [4.78, 5) is 0. The molecule has 9 heteroatoms. The van der Waals surface area contributed by atoms with Crippen LogP contribution in [0.5, 0.6) is 17.2 Å². The van der Waals surface area contributed by atoms with Crippen LogP contribution < -0.4 is 14.2 Å². The van der Waals surface area contributed by atoms with Crippen LogP contribution in [0.25, 0.3) is 0 Å². The average Bonchev–Trinajstić information content (AvgIpc) is 3.12. The third-order valence-corrected chi connectivity index (χ3v) is 5.49. The minimum atomic E-state index is -0.716. The summed E-state index contributed by atoms with van der Waals surface area (Å²) in [5.41, 5.74) is 0. The minimum absolute atomic E-state index is 0.0969. The van der Waals surface area contributed by atoms with Gasteiger partial charge < -0.3 is 23.9 Å². The normalized spacial score (nSPS) is 16.4. The Morgan fingerprint density at radius 1 is 1.21 bits per heavy atom. The number of benzene rings is 2. The molecule has 2 heterocycles. The molecule has 0 bridgehead atoms. The zero-order valence-electron chi connectivity index (χ0n) is 15.7. The van der Waals surface area contributed by atoms with Gasteiger partial charge in [0.15, 0.2) is 28.6 Å². The maximum atomic E-state index is 12.9. The summed E-state index contributed by atoms with van der Waals surface area (Å²) < 4.78 is 31.9. The fourth-order valence-electron chi connectivity index (χ4n) is 2.82. The maximum Gasteiger partial charge on any atom is 0.192 e. The largest absolute Gasteiger partial charge is 0.491 e. The van der Waals surface area contributed by atoms with Crippen molar-refractivity contribution in [3.8, 4) is 17.2 Å². The summed E-state index contributed by atoms with van der Waals surface area (Å²) in [6, 6.07) is 13.2. The topological polar surface area (TPSA) is 78.6 Å². The first kappa shape index (κ1) is 19.5. The number of aromatic nitrogens is 3. The summed E-state index contributed by atoms with van der Waals surface area (Å²) in [6.45, 7) is 0.446. The lowest BCUT2D eigenvalue weighted by molar-refractivity contribution is 0.0825. The lowest BCUT2D eigenvalue weighted by Gasteiger charge is -2.25. The predicted molar refractivity (Wildman–Crippen MR) is 105 cm³/mol. The highest BCUT2D eigenvalue weighted by Crippen LogP contribution is 2.35. The van der Waals surface area contributed by atoms with E-state index in [0.29, 0.717) is 40.6 Å². The Morgan fingerprint density at radius 3 is 2.76 bits per heavy atom. The summed E-state index contributed by atoms with van der Waals surface area (Å²) >= 11 is 1.37. The fourth-order valence-corrected chi connectivity index (χ4v) is 3.64. The molecule has 7 nitrogen and oxygen atoms in total. The summed E-state index contributed by atoms with van der Waals surface area (Å²) in [7, 11) is 1.85. The Morgan fingerprint density at radius 2 is 1.97 bits per heavy atom. The molecule has 29 heavy (non-hydrogen) atoms. The van der Waals surface area contributed by atoms with Crippen molar-refractivity contribution in [2.24, 2.45) is 7.05 Å². The van der Waals surface area contributed by atoms with Crippen LogP contribution in [0.15, 0.2) is 53.7 Å². The number of aliphatic hydroxyl groups excluding tert-OH is 1. The zero-order chi connectivity index (χ0) is 20.2. The first-order valence-corrected chi connectivity index (χ1v) is 10.1. The first-order valence-electron chi connectivity index (χ1n) is 9.07. The smallest absolute Gasteiger partial charge is 0.192 e. The highest BCUT2D eigenvalue weighted by atomic mass is 32.2. The monoisotopic (exact) mass is 417 g/mol. The van der Waals surface area contributed by atoms with Crippen LogP contribution in [0, 0.1) is 5.82 Å². The van der Waals surface area contributed by atoms with Gasteiger partial charge in [-0.1, -0.05) is 23.9 Å². The van der Waals surface area contributed by atoms with Gasteiger partial charge in [-0.25, -0.2) is 4.39 Å². The minimum Gasteiger partial charge on any atom is -0.491 e. The van der Waals surface area contributed by atoms with E-state index in [4.69, 9.17) is 14.2 Å². The molecule has 0 radical (unpaired) electrons. The lowest BCUT2D eigenvalue weighted by atomic mass is 10.2. The van der Waals surface area contributed by atoms with E-state index < -0.39 is 6.10 Å². The Bertz CT molecular complexity index is 967. The lowest BCUT2D eigenvalue weighted by Crippen LogP contribution is -2.24. The molecule has 2 unspecified atom stereocenters. The number of aliphatic hydroxyl groups is 1. The van der Waals surface area contributed by atoms with Gasteiger partial charge in [0.05, 0.1) is 6.10 Å². The second-order valence-electron chi connectivity index (χ2n) is 6.49. The number of halogens is 1. The van der Waals surface area contributed by atoms with E-state index in [-0.39, 0.29) is 18.5 Å². The van der Waals surface area contributed by atoms with Crippen molar-refractivity contribution in [2.45, 2.75) is 17.4 Å². The van der Waals surface area contributed by atoms with Gasteiger partial charge in [-0.05, 0) is 36.4 Å². The third-order valence-electron chi connectivity index (χ3n) is 4.33. The van der Waals surface area contributed by atoms with Gasteiger partial charge in [-0.3, -0.25) is 0 Å². The Balaban J connectivity index is 1.31. The van der Waals surface area contributed by atoms with Crippen molar-refractivity contribution in [2.75, 3.05) is 19.0 Å². The molecule has 0 amide bonds. The molecule has 1 aliphatic heterocycles. The molecule has 0 saturated carbocycles. The number of fused-ring (bicyclic) bond motifs is 1. The van der Waals surface area contributed by atoms with E-state index >= 15 is 0 Å². The number of ether oxygens (including phenoxy) is 3. The average molecular weight is 417 g/mol. The SMILES string of the molecule is Cn1c(SCC(O)COc2ccc(F)cc2)nnc1C1COc2ccccc2O1. The molecule has 3 aromatic rings. The molecule has 2 atom stereocenters. The van der Waals surface area contributed by atoms with E-state index in [9.17, 15) is 9.50 Å². The molecule has 1 N–H and O–H groups in total. The molecular formula is C20H20FN3O4S. The second-order valence-corrected chi connectivity index (χ2v) is 7.48. The van der Waals surface area contributed by atoms with Crippen LogP contribution in [-0.2, 0) is 7.05 Å². The molecule has 0 spiro atoms. The number of para-hydroxylation sites is 2. The molecular weight excluding hydrogens is 397 g/mol. The summed E-state index contributed by atoms with van der Waals surface area (Å²) in [6.07, 6.45) is -1.07. The predicted octanol–water partition coefficient (Wildman–Crippen LogP) is 3.00. The zero-order valence-corrected chi connectivity index (χ0v) is 16.5. The van der Waals surface area contributed by atoms with Crippen molar-refractivity contribution in [1.29, 1.82) is 0 Å². The van der Waals surface area contributed by atoms with Gasteiger partial charge in [0.25, 0.3) is 0 Å². The second kappa shape index (κ2) is 8.71. The van der Waals surface area contributed by atoms with E-state index in [1.54, 1.807) is 0 Å². The number of nitrogens with zero attached hydrogens (tertiary/aromatic N) is 3. The van der Waals surface area contributed by atoms with Crippen LogP contribution in [0.2, 0.25) is 0 Å². The standard InChI is InChI=1S/C20H20FN3O4S/c1-24-19(18-11-27-16-4-2-3-5-17(16)28-18)22-23-20(24)29-12-14(25)10-26-15-8-6-13(21)7-9-15/h2-9,14,18,25H,10-12H2,1H3. The van der Waals surface area contributed by atoms with Gasteiger partial charge in [0.1, 0.15) is 24.8 Å². The van der Waals surface area contributed by atoms with E-state index in [0.717, 1.165) is 0 Å². The molecule has 0 fully saturated rings. The van der Waals surface area contributed by atoms with Crippen molar-refractivity contribution < 1.29 is 23.7 Å². The Kier molecular flexibility index (Phi) is 5.86. The van der Waals surface area contributed by atoms with Crippen LogP contribution in [0.1, 0.15) is 11.9 Å². The Hall–Kier alpha value is -2.78. The van der Waals surface area contributed by atoms with Crippen LogP contribution in [0.4, 0.5) is 4.39 Å². The highest BCUT2D eigenvalue weighted by Gasteiger charge is 2.27. The van der Waals surface area contributed by atoms with E-state index in [1.165, 1.54) is 36.0 Å². The van der Waals surface area contributed by atoms with E-state index in [2.05, 4.69) is 10.2 Å². The highest BCUT2D eigenvalue weighted by molar-refractivity contribution is 7.99. The van der Waals surface area contributed by atoms with Gasteiger partial charge in [0.2, 0.25) is 0 Å². The fraction of sp³-hybridized carbons (Fsp3) is 0.300. The maximum absolute atomic E-state index is 12.9. The molecule has 0 aliphatic carbocycles. The molecule has 1 aliphatic rings. The van der Waals surface area contributed by atoms with Crippen molar-refractivity contribution in [3.05, 3.63) is 60.2 Å². The van der Waals surface area contributed by atoms with Crippen LogP contribution in [0.3, 0.4) is 0 Å².